The monoisotopic (exact) mass is 205 g/mol. The van der Waals surface area contributed by atoms with E-state index < -0.39 is 0 Å². The van der Waals surface area contributed by atoms with Crippen molar-refractivity contribution in [1.82, 2.24) is 4.72 Å². The molecule has 0 unspecified atom stereocenters. The summed E-state index contributed by atoms with van der Waals surface area (Å²) in [6.45, 7) is 0. The predicted octanol–water partition coefficient (Wildman–Crippen LogP) is 2.88. The Morgan fingerprint density at radius 2 is 2.00 bits per heavy atom. The lowest BCUT2D eigenvalue weighted by Gasteiger charge is -2.21. The van der Waals surface area contributed by atoms with E-state index in [9.17, 15) is 0 Å². The molecule has 0 aromatic carbocycles. The van der Waals surface area contributed by atoms with Crippen LogP contribution in [-0.4, -0.2) is 17.5 Å². The summed E-state index contributed by atoms with van der Waals surface area (Å²) in [4.78, 5) is 0. The predicted molar refractivity (Wildman–Crippen MR) is 60.9 cm³/mol. The minimum Gasteiger partial charge on any atom is -0.261 e. The minimum absolute atomic E-state index is 0.795. The number of hydrogen-bond acceptors (Lipinski definition) is 3. The van der Waals surface area contributed by atoms with Crippen LogP contribution in [0.4, 0.5) is 0 Å². The molecular formula is C9H19NS2. The Kier molecular flexibility index (Phi) is 6.35. The maximum atomic E-state index is 4.18. The molecule has 0 bridgehead atoms. The van der Waals surface area contributed by atoms with Crippen LogP contribution in [0.5, 0.6) is 0 Å². The molecule has 1 rings (SSSR count). The summed E-state index contributed by atoms with van der Waals surface area (Å²) in [5.41, 5.74) is 0. The van der Waals surface area contributed by atoms with Gasteiger partial charge in [0, 0.05) is 11.8 Å². The number of rotatable bonds is 5. The van der Waals surface area contributed by atoms with Gasteiger partial charge in [0.15, 0.2) is 0 Å². The van der Waals surface area contributed by atoms with E-state index >= 15 is 0 Å². The van der Waals surface area contributed by atoms with Crippen molar-refractivity contribution < 1.29 is 0 Å². The van der Waals surface area contributed by atoms with Crippen LogP contribution in [0.25, 0.3) is 0 Å². The normalized spacial score (nSPS) is 19.8. The van der Waals surface area contributed by atoms with Crippen LogP contribution in [0.3, 0.4) is 0 Å². The second kappa shape index (κ2) is 7.10. The molecule has 0 radical (unpaired) electrons. The van der Waals surface area contributed by atoms with Crippen molar-refractivity contribution in [3.63, 3.8) is 0 Å². The zero-order valence-corrected chi connectivity index (χ0v) is 9.30. The van der Waals surface area contributed by atoms with E-state index in [1.54, 1.807) is 0 Å². The van der Waals surface area contributed by atoms with E-state index in [1.807, 2.05) is 11.9 Å². The smallest absolute Gasteiger partial charge is 0.0171 e. The first-order valence-electron chi connectivity index (χ1n) is 4.91. The molecule has 1 N–H and O–H groups in total. The van der Waals surface area contributed by atoms with Crippen molar-refractivity contribution in [2.75, 3.05) is 11.5 Å². The van der Waals surface area contributed by atoms with Gasteiger partial charge < -0.3 is 0 Å². The highest BCUT2D eigenvalue weighted by Gasteiger charge is 2.11. The van der Waals surface area contributed by atoms with Crippen molar-refractivity contribution in [3.05, 3.63) is 0 Å². The Bertz CT molecular complexity index is 103. The molecule has 3 heteroatoms. The third kappa shape index (κ3) is 4.63. The number of thiol groups is 1. The highest BCUT2D eigenvalue weighted by molar-refractivity contribution is 7.97. The third-order valence-electron chi connectivity index (χ3n) is 2.26. The molecule has 0 amide bonds. The second-order valence-corrected chi connectivity index (χ2v) is 4.76. The quantitative estimate of drug-likeness (QED) is 0.407. The van der Waals surface area contributed by atoms with E-state index in [1.165, 1.54) is 44.3 Å². The van der Waals surface area contributed by atoms with Crippen LogP contribution in [-0.2, 0) is 0 Å². The average molecular weight is 205 g/mol. The lowest BCUT2D eigenvalue weighted by molar-refractivity contribution is 0.423. The van der Waals surface area contributed by atoms with Crippen LogP contribution >= 0.6 is 24.6 Å². The highest BCUT2D eigenvalue weighted by atomic mass is 32.2. The van der Waals surface area contributed by atoms with E-state index in [2.05, 4.69) is 17.4 Å². The average Bonchev–Trinajstić information content (AvgIpc) is 2.14. The fourth-order valence-electron chi connectivity index (χ4n) is 1.53. The van der Waals surface area contributed by atoms with Gasteiger partial charge in [0.05, 0.1) is 0 Å². The maximum absolute atomic E-state index is 4.18. The summed E-state index contributed by atoms with van der Waals surface area (Å²) >= 11 is 6.06. The Balaban J connectivity index is 1.91. The molecule has 12 heavy (non-hydrogen) atoms. The first-order chi connectivity index (χ1) is 5.93. The molecule has 1 aliphatic rings. The summed E-state index contributed by atoms with van der Waals surface area (Å²) < 4.78 is 3.54. The van der Waals surface area contributed by atoms with Gasteiger partial charge in [-0.25, -0.2) is 0 Å². The number of nitrogens with one attached hydrogen (secondary N) is 1. The molecule has 1 saturated carbocycles. The van der Waals surface area contributed by atoms with E-state index in [-0.39, 0.29) is 0 Å². The van der Waals surface area contributed by atoms with E-state index in [0.717, 1.165) is 11.8 Å². The molecule has 0 aromatic rings. The van der Waals surface area contributed by atoms with Crippen molar-refractivity contribution in [1.29, 1.82) is 0 Å². The summed E-state index contributed by atoms with van der Waals surface area (Å²) in [7, 11) is 0. The van der Waals surface area contributed by atoms with Gasteiger partial charge in [0.2, 0.25) is 0 Å². The SMILES string of the molecule is SCCCSNC1CCCCC1. The van der Waals surface area contributed by atoms with Gasteiger partial charge in [-0.1, -0.05) is 31.2 Å². The fourth-order valence-corrected chi connectivity index (χ4v) is 2.78. The lowest BCUT2D eigenvalue weighted by atomic mass is 9.96. The molecule has 0 spiro atoms. The van der Waals surface area contributed by atoms with Gasteiger partial charge in [0.25, 0.3) is 0 Å². The Morgan fingerprint density at radius 3 is 2.67 bits per heavy atom. The molecule has 0 heterocycles. The first kappa shape index (κ1) is 10.7. The van der Waals surface area contributed by atoms with Crippen molar-refractivity contribution in [3.8, 4) is 0 Å². The van der Waals surface area contributed by atoms with Gasteiger partial charge >= 0.3 is 0 Å². The maximum Gasteiger partial charge on any atom is 0.0171 e. The summed E-state index contributed by atoms with van der Waals surface area (Å²) in [5.74, 6) is 2.22. The molecule has 72 valence electrons. The Morgan fingerprint density at radius 1 is 1.25 bits per heavy atom. The molecule has 1 nitrogen and oxygen atoms in total. The zero-order chi connectivity index (χ0) is 8.65. The van der Waals surface area contributed by atoms with Crippen molar-refractivity contribution in [2.45, 2.75) is 44.6 Å². The van der Waals surface area contributed by atoms with Crippen molar-refractivity contribution in [2.24, 2.45) is 0 Å². The third-order valence-corrected chi connectivity index (χ3v) is 3.57. The molecule has 0 atom stereocenters. The first-order valence-corrected chi connectivity index (χ1v) is 6.53. The van der Waals surface area contributed by atoms with Gasteiger partial charge in [-0.2, -0.15) is 12.6 Å². The summed E-state index contributed by atoms with van der Waals surface area (Å²) in [6.07, 6.45) is 8.27. The van der Waals surface area contributed by atoms with Crippen LogP contribution in [0, 0.1) is 0 Å². The molecular weight excluding hydrogens is 186 g/mol. The summed E-state index contributed by atoms with van der Waals surface area (Å²) in [6, 6.07) is 0.795. The largest absolute Gasteiger partial charge is 0.261 e. The van der Waals surface area contributed by atoms with Gasteiger partial charge in [-0.15, -0.1) is 0 Å². The van der Waals surface area contributed by atoms with Gasteiger partial charge in [-0.3, -0.25) is 4.72 Å². The molecule has 0 aliphatic heterocycles. The molecule has 0 saturated heterocycles. The van der Waals surface area contributed by atoms with Crippen LogP contribution < -0.4 is 4.72 Å². The van der Waals surface area contributed by atoms with Crippen LogP contribution in [0.1, 0.15) is 38.5 Å². The fraction of sp³-hybridized carbons (Fsp3) is 1.00. The Labute approximate surface area is 85.6 Å². The minimum atomic E-state index is 0.795. The van der Waals surface area contributed by atoms with Gasteiger partial charge in [0.1, 0.15) is 0 Å². The van der Waals surface area contributed by atoms with E-state index in [4.69, 9.17) is 0 Å². The Hall–Kier alpha value is 0.660. The second-order valence-electron chi connectivity index (χ2n) is 3.38. The highest BCUT2D eigenvalue weighted by Crippen LogP contribution is 2.19. The number of hydrogen-bond donors (Lipinski definition) is 2. The van der Waals surface area contributed by atoms with Crippen LogP contribution in [0.2, 0.25) is 0 Å². The molecule has 1 fully saturated rings. The van der Waals surface area contributed by atoms with Crippen LogP contribution in [0.15, 0.2) is 0 Å². The molecule has 0 aromatic heterocycles. The lowest BCUT2D eigenvalue weighted by Crippen LogP contribution is -2.25. The van der Waals surface area contributed by atoms with Gasteiger partial charge in [-0.05, 0) is 25.0 Å². The zero-order valence-electron chi connectivity index (χ0n) is 7.59. The summed E-state index contributed by atoms with van der Waals surface area (Å²) in [5, 5.41) is 0. The van der Waals surface area contributed by atoms with Crippen molar-refractivity contribution >= 4 is 24.6 Å². The topological polar surface area (TPSA) is 12.0 Å². The molecule has 1 aliphatic carbocycles. The standard InChI is InChI=1S/C9H19NS2/c11-7-4-8-12-10-9-5-2-1-3-6-9/h9-11H,1-8H2. The van der Waals surface area contributed by atoms with E-state index in [0.29, 0.717) is 0 Å².